The van der Waals surface area contributed by atoms with Gasteiger partial charge < -0.3 is 29.8 Å². The third kappa shape index (κ3) is 9.17. The molecule has 176 valence electrons. The molecule has 0 spiro atoms. The molecule has 0 bridgehead atoms. The topological polar surface area (TPSA) is 97.1 Å². The fourth-order valence-electron chi connectivity index (χ4n) is 3.21. The fourth-order valence-corrected chi connectivity index (χ4v) is 3.21. The first kappa shape index (κ1) is 26.1. The minimum absolute atomic E-state index is 0. The number of nitrogens with one attached hydrogen (secondary N) is 3. The van der Waals surface area contributed by atoms with E-state index in [1.165, 1.54) is 6.26 Å². The van der Waals surface area contributed by atoms with Crippen molar-refractivity contribution in [3.05, 3.63) is 54.0 Å². The lowest BCUT2D eigenvalue weighted by Gasteiger charge is -2.12. The lowest BCUT2D eigenvalue weighted by atomic mass is 10.1. The minimum Gasteiger partial charge on any atom is -0.459 e. The first-order chi connectivity index (χ1) is 15.2. The molecule has 1 fully saturated rings. The smallest absolute Gasteiger partial charge is 0.291 e. The second-order valence-electron chi connectivity index (χ2n) is 7.41. The quantitative estimate of drug-likeness (QED) is 0.169. The van der Waals surface area contributed by atoms with E-state index in [9.17, 15) is 4.79 Å². The summed E-state index contributed by atoms with van der Waals surface area (Å²) in [5.41, 5.74) is 1.70. The van der Waals surface area contributed by atoms with E-state index >= 15 is 0 Å². The molecule has 8 nitrogen and oxygen atoms in total. The number of amides is 1. The molecular weight excluding hydrogens is 523 g/mol. The van der Waals surface area contributed by atoms with Crippen LogP contribution in [0.15, 0.2) is 52.1 Å². The third-order valence-corrected chi connectivity index (χ3v) is 4.83. The molecule has 3 N–H and O–H groups in total. The van der Waals surface area contributed by atoms with Crippen LogP contribution in [-0.2, 0) is 16.0 Å². The van der Waals surface area contributed by atoms with Gasteiger partial charge in [-0.15, -0.1) is 24.0 Å². The Morgan fingerprint density at radius 1 is 1.25 bits per heavy atom. The minimum atomic E-state index is -0.275. The van der Waals surface area contributed by atoms with E-state index in [0.29, 0.717) is 18.2 Å². The van der Waals surface area contributed by atoms with Gasteiger partial charge in [-0.05, 0) is 49.6 Å². The number of anilines is 1. The molecule has 0 radical (unpaired) electrons. The van der Waals surface area contributed by atoms with Gasteiger partial charge in [0.25, 0.3) is 5.91 Å². The SMILES string of the molecule is CCNC(=NCc1cccc(NC(=O)c2ccco2)c1)NCCCOCC1CCOC1.I. The van der Waals surface area contributed by atoms with Crippen LogP contribution in [0.25, 0.3) is 0 Å². The highest BCUT2D eigenvalue weighted by Gasteiger charge is 2.15. The van der Waals surface area contributed by atoms with Crippen molar-refractivity contribution in [2.45, 2.75) is 26.3 Å². The fraction of sp³-hybridized carbons (Fsp3) is 0.478. The second kappa shape index (κ2) is 14.9. The molecule has 1 amide bonds. The predicted octanol–water partition coefficient (Wildman–Crippen LogP) is 3.65. The molecule has 2 heterocycles. The number of furan rings is 1. The molecule has 1 unspecified atom stereocenters. The molecule has 3 rings (SSSR count). The number of benzene rings is 1. The standard InChI is InChI=1S/C23H32N4O4.HI/c1-2-24-23(25-10-5-11-29-16-19-9-13-30-17-19)26-15-18-6-3-7-20(14-18)27-22(28)21-8-4-12-31-21;/h3-4,6-8,12,14,19H,2,5,9-11,13,15-17H2,1H3,(H,27,28)(H2,24,25,26);1H. The number of carbonyl (C=O) groups excluding carboxylic acids is 1. The number of aliphatic imine (C=N–C) groups is 1. The lowest BCUT2D eigenvalue weighted by Crippen LogP contribution is -2.38. The number of hydrogen-bond donors (Lipinski definition) is 3. The first-order valence-corrected chi connectivity index (χ1v) is 10.9. The summed E-state index contributed by atoms with van der Waals surface area (Å²) < 4.78 is 16.2. The highest BCUT2D eigenvalue weighted by Crippen LogP contribution is 2.14. The van der Waals surface area contributed by atoms with Gasteiger partial charge in [0.15, 0.2) is 11.7 Å². The Morgan fingerprint density at radius 2 is 2.16 bits per heavy atom. The molecule has 1 aromatic heterocycles. The lowest BCUT2D eigenvalue weighted by molar-refractivity contribution is 0.0888. The third-order valence-electron chi connectivity index (χ3n) is 4.83. The summed E-state index contributed by atoms with van der Waals surface area (Å²) in [5, 5.41) is 9.43. The Hall–Kier alpha value is -2.11. The van der Waals surface area contributed by atoms with Gasteiger partial charge in [0.05, 0.1) is 26.0 Å². The van der Waals surface area contributed by atoms with Gasteiger partial charge in [-0.3, -0.25) is 4.79 Å². The van der Waals surface area contributed by atoms with Crippen molar-refractivity contribution < 1.29 is 18.7 Å². The van der Waals surface area contributed by atoms with Crippen molar-refractivity contribution in [2.75, 3.05) is 44.8 Å². The van der Waals surface area contributed by atoms with Gasteiger partial charge in [0, 0.05) is 37.9 Å². The maximum Gasteiger partial charge on any atom is 0.291 e. The molecule has 32 heavy (non-hydrogen) atoms. The Morgan fingerprint density at radius 3 is 2.91 bits per heavy atom. The average molecular weight is 556 g/mol. The molecule has 1 saturated heterocycles. The highest BCUT2D eigenvalue weighted by molar-refractivity contribution is 14.0. The molecule has 1 aliphatic heterocycles. The van der Waals surface area contributed by atoms with Crippen LogP contribution in [0.2, 0.25) is 0 Å². The molecule has 1 aliphatic rings. The summed E-state index contributed by atoms with van der Waals surface area (Å²) >= 11 is 0. The summed E-state index contributed by atoms with van der Waals surface area (Å²) in [4.78, 5) is 16.8. The van der Waals surface area contributed by atoms with Crippen LogP contribution in [0, 0.1) is 5.92 Å². The zero-order chi connectivity index (χ0) is 21.7. The van der Waals surface area contributed by atoms with Crippen molar-refractivity contribution in [2.24, 2.45) is 10.9 Å². The zero-order valence-electron chi connectivity index (χ0n) is 18.5. The van der Waals surface area contributed by atoms with Crippen molar-refractivity contribution in [3.63, 3.8) is 0 Å². The average Bonchev–Trinajstić information content (AvgIpc) is 3.49. The predicted molar refractivity (Wildman–Crippen MR) is 136 cm³/mol. The van der Waals surface area contributed by atoms with E-state index < -0.39 is 0 Å². The molecule has 1 aromatic carbocycles. The summed E-state index contributed by atoms with van der Waals surface area (Å²) in [6, 6.07) is 11.0. The van der Waals surface area contributed by atoms with Gasteiger partial charge in [-0.25, -0.2) is 4.99 Å². The number of nitrogens with zero attached hydrogens (tertiary/aromatic N) is 1. The molecule has 0 saturated carbocycles. The summed E-state index contributed by atoms with van der Waals surface area (Å²) in [6.45, 7) is 7.28. The molecular formula is C23H33IN4O4. The van der Waals surface area contributed by atoms with E-state index in [2.05, 4.69) is 20.9 Å². The second-order valence-corrected chi connectivity index (χ2v) is 7.41. The molecule has 1 atom stereocenters. The van der Waals surface area contributed by atoms with Gasteiger partial charge in [-0.2, -0.15) is 0 Å². The number of guanidine groups is 1. The van der Waals surface area contributed by atoms with Crippen molar-refractivity contribution in [1.82, 2.24) is 10.6 Å². The monoisotopic (exact) mass is 556 g/mol. The molecule has 2 aromatic rings. The molecule has 0 aliphatic carbocycles. The Kier molecular flexibility index (Phi) is 12.1. The van der Waals surface area contributed by atoms with Crippen molar-refractivity contribution >= 4 is 41.5 Å². The summed E-state index contributed by atoms with van der Waals surface area (Å²) in [5.74, 6) is 1.31. The number of carbonyl (C=O) groups is 1. The number of hydrogen-bond acceptors (Lipinski definition) is 5. The Labute approximate surface area is 206 Å². The number of halogens is 1. The van der Waals surface area contributed by atoms with E-state index in [0.717, 1.165) is 63.9 Å². The van der Waals surface area contributed by atoms with Gasteiger partial charge in [-0.1, -0.05) is 12.1 Å². The number of rotatable bonds is 11. The van der Waals surface area contributed by atoms with Crippen LogP contribution in [0.4, 0.5) is 5.69 Å². The van der Waals surface area contributed by atoms with E-state index in [-0.39, 0.29) is 35.6 Å². The normalized spacial score (nSPS) is 15.8. The van der Waals surface area contributed by atoms with E-state index in [1.807, 2.05) is 31.2 Å². The van der Waals surface area contributed by atoms with Crippen LogP contribution in [0.5, 0.6) is 0 Å². The van der Waals surface area contributed by atoms with Gasteiger partial charge in [0.2, 0.25) is 0 Å². The van der Waals surface area contributed by atoms with Gasteiger partial charge in [0.1, 0.15) is 0 Å². The van der Waals surface area contributed by atoms with E-state index in [4.69, 9.17) is 13.9 Å². The van der Waals surface area contributed by atoms with Crippen molar-refractivity contribution in [1.29, 1.82) is 0 Å². The van der Waals surface area contributed by atoms with E-state index in [1.54, 1.807) is 12.1 Å². The van der Waals surface area contributed by atoms with Crippen LogP contribution < -0.4 is 16.0 Å². The summed E-state index contributed by atoms with van der Waals surface area (Å²) in [6.07, 6.45) is 3.49. The molecule has 9 heteroatoms. The maximum absolute atomic E-state index is 12.1. The zero-order valence-corrected chi connectivity index (χ0v) is 20.8. The van der Waals surface area contributed by atoms with Crippen LogP contribution >= 0.6 is 24.0 Å². The van der Waals surface area contributed by atoms with Crippen LogP contribution in [0.1, 0.15) is 35.9 Å². The van der Waals surface area contributed by atoms with Crippen LogP contribution in [-0.4, -0.2) is 51.4 Å². The Bertz CT molecular complexity index is 823. The summed E-state index contributed by atoms with van der Waals surface area (Å²) in [7, 11) is 0. The van der Waals surface area contributed by atoms with Gasteiger partial charge >= 0.3 is 0 Å². The maximum atomic E-state index is 12.1. The van der Waals surface area contributed by atoms with Crippen LogP contribution in [0.3, 0.4) is 0 Å². The number of ether oxygens (including phenoxy) is 2. The Balaban J connectivity index is 0.00000363. The largest absolute Gasteiger partial charge is 0.459 e. The highest BCUT2D eigenvalue weighted by atomic mass is 127. The van der Waals surface area contributed by atoms with Crippen molar-refractivity contribution in [3.8, 4) is 0 Å². The first-order valence-electron chi connectivity index (χ1n) is 10.9.